The van der Waals surface area contributed by atoms with Gasteiger partial charge in [0.15, 0.2) is 0 Å². The van der Waals surface area contributed by atoms with Crippen LogP contribution >= 0.6 is 0 Å². The van der Waals surface area contributed by atoms with Gasteiger partial charge in [-0.05, 0) is 62.5 Å². The maximum Gasteiger partial charge on any atom is 0.123 e. The lowest BCUT2D eigenvalue weighted by molar-refractivity contribution is 0.166. The Balaban J connectivity index is 1.60. The lowest BCUT2D eigenvalue weighted by Crippen LogP contribution is -2.45. The Bertz CT molecular complexity index is 523. The molecule has 2 heterocycles. The number of fused-ring (bicyclic) bond motifs is 1. The van der Waals surface area contributed by atoms with E-state index in [1.54, 1.807) is 6.07 Å². The van der Waals surface area contributed by atoms with Crippen molar-refractivity contribution in [3.05, 3.63) is 35.1 Å². The summed E-state index contributed by atoms with van der Waals surface area (Å²) in [7, 11) is 0. The molecule has 2 unspecified atom stereocenters. The smallest absolute Gasteiger partial charge is 0.123 e. The Hall–Kier alpha value is -1.44. The molecule has 106 valence electrons. The van der Waals surface area contributed by atoms with E-state index in [1.165, 1.54) is 37.9 Å². The van der Waals surface area contributed by atoms with Crippen molar-refractivity contribution in [1.82, 2.24) is 10.2 Å². The molecule has 1 aromatic rings. The van der Waals surface area contributed by atoms with Crippen molar-refractivity contribution in [2.24, 2.45) is 0 Å². The predicted molar refractivity (Wildman–Crippen MR) is 75.6 cm³/mol. The zero-order valence-electron chi connectivity index (χ0n) is 11.6. The number of rotatable bonds is 3. The first-order valence-corrected chi connectivity index (χ1v) is 7.42. The highest BCUT2D eigenvalue weighted by Gasteiger charge is 2.31. The van der Waals surface area contributed by atoms with Crippen LogP contribution in [0.4, 0.5) is 4.39 Å². The highest BCUT2D eigenvalue weighted by atomic mass is 19.1. The van der Waals surface area contributed by atoms with Gasteiger partial charge in [0.2, 0.25) is 0 Å². The third-order valence-corrected chi connectivity index (χ3v) is 4.59. The number of halogens is 1. The molecule has 2 aliphatic rings. The van der Waals surface area contributed by atoms with Gasteiger partial charge in [-0.25, -0.2) is 4.39 Å². The number of hydrogen-bond donors (Lipinski definition) is 1. The molecule has 4 heteroatoms. The number of piperidine rings is 1. The largest absolute Gasteiger partial charge is 0.310 e. The van der Waals surface area contributed by atoms with E-state index in [-0.39, 0.29) is 5.82 Å². The molecule has 0 aromatic heterocycles. The lowest BCUT2D eigenvalue weighted by atomic mass is 9.97. The van der Waals surface area contributed by atoms with Gasteiger partial charge in [-0.15, -0.1) is 0 Å². The van der Waals surface area contributed by atoms with E-state index in [0.29, 0.717) is 18.2 Å². The molecule has 2 aliphatic heterocycles. The molecule has 0 bridgehead atoms. The lowest BCUT2D eigenvalue weighted by Gasteiger charge is -2.35. The highest BCUT2D eigenvalue weighted by Crippen LogP contribution is 2.27. The van der Waals surface area contributed by atoms with E-state index in [4.69, 9.17) is 5.26 Å². The molecule has 0 radical (unpaired) electrons. The molecule has 3 nitrogen and oxygen atoms in total. The minimum absolute atomic E-state index is 0.272. The van der Waals surface area contributed by atoms with Gasteiger partial charge >= 0.3 is 0 Å². The first-order valence-electron chi connectivity index (χ1n) is 7.42. The normalized spacial score (nSPS) is 26.2. The number of hydrogen-bond acceptors (Lipinski definition) is 3. The predicted octanol–water partition coefficient (Wildman–Crippen LogP) is 2.41. The van der Waals surface area contributed by atoms with Crippen LogP contribution in [0.15, 0.2) is 18.2 Å². The molecule has 0 saturated carbocycles. The van der Waals surface area contributed by atoms with Crippen LogP contribution in [-0.2, 0) is 6.54 Å². The minimum atomic E-state index is -0.272. The van der Waals surface area contributed by atoms with Gasteiger partial charge in [-0.3, -0.25) is 0 Å². The molecular weight excluding hydrogens is 253 g/mol. The van der Waals surface area contributed by atoms with Crippen molar-refractivity contribution < 1.29 is 4.39 Å². The van der Waals surface area contributed by atoms with Crippen LogP contribution in [0.3, 0.4) is 0 Å². The minimum Gasteiger partial charge on any atom is -0.310 e. The molecule has 0 aliphatic carbocycles. The third kappa shape index (κ3) is 2.84. The molecule has 1 N–H and O–H groups in total. The van der Waals surface area contributed by atoms with Crippen LogP contribution in [0.5, 0.6) is 0 Å². The molecular formula is C16H20FN3. The number of benzene rings is 1. The first kappa shape index (κ1) is 13.5. The van der Waals surface area contributed by atoms with E-state index in [2.05, 4.69) is 16.3 Å². The second-order valence-electron chi connectivity index (χ2n) is 5.85. The summed E-state index contributed by atoms with van der Waals surface area (Å²) in [4.78, 5) is 2.58. The Labute approximate surface area is 119 Å². The summed E-state index contributed by atoms with van der Waals surface area (Å²) in [5, 5.41) is 12.6. The van der Waals surface area contributed by atoms with Gasteiger partial charge in [0.1, 0.15) is 5.82 Å². The summed E-state index contributed by atoms with van der Waals surface area (Å²) in [5.74, 6) is -0.272. The van der Waals surface area contributed by atoms with E-state index in [9.17, 15) is 4.39 Å². The number of nitrogens with one attached hydrogen (secondary N) is 1. The molecule has 2 fully saturated rings. The summed E-state index contributed by atoms with van der Waals surface area (Å²) in [5.41, 5.74) is 1.33. The Kier molecular flexibility index (Phi) is 4.00. The van der Waals surface area contributed by atoms with E-state index in [1.807, 2.05) is 0 Å². The van der Waals surface area contributed by atoms with E-state index < -0.39 is 0 Å². The van der Waals surface area contributed by atoms with Crippen molar-refractivity contribution in [2.75, 3.05) is 13.1 Å². The van der Waals surface area contributed by atoms with Crippen LogP contribution in [0.25, 0.3) is 0 Å². The van der Waals surface area contributed by atoms with Crippen LogP contribution in [0.1, 0.15) is 36.8 Å². The summed E-state index contributed by atoms with van der Waals surface area (Å²) in [6.45, 7) is 2.99. The summed E-state index contributed by atoms with van der Waals surface area (Å²) >= 11 is 0. The SMILES string of the molecule is N#Cc1ccc(F)cc1CNC1CCN2CCCC2C1. The standard InChI is InChI=1S/C16H20FN3/c17-14-4-3-12(10-18)13(8-14)11-19-15-5-7-20-6-1-2-16(20)9-15/h3-4,8,15-16,19H,1-2,5-7,9,11H2. The first-order chi connectivity index (χ1) is 9.76. The van der Waals surface area contributed by atoms with Crippen LogP contribution in [0, 0.1) is 17.1 Å². The van der Waals surface area contributed by atoms with Crippen molar-refractivity contribution in [3.63, 3.8) is 0 Å². The van der Waals surface area contributed by atoms with Crippen LogP contribution < -0.4 is 5.32 Å². The van der Waals surface area contributed by atoms with E-state index in [0.717, 1.165) is 24.6 Å². The zero-order valence-corrected chi connectivity index (χ0v) is 11.6. The fourth-order valence-electron chi connectivity index (χ4n) is 3.48. The fourth-order valence-corrected chi connectivity index (χ4v) is 3.48. The molecule has 1 aromatic carbocycles. The second kappa shape index (κ2) is 5.90. The number of nitrogens with zero attached hydrogens (tertiary/aromatic N) is 2. The molecule has 3 rings (SSSR count). The zero-order chi connectivity index (χ0) is 13.9. The average molecular weight is 273 g/mol. The van der Waals surface area contributed by atoms with Crippen molar-refractivity contribution >= 4 is 0 Å². The van der Waals surface area contributed by atoms with E-state index >= 15 is 0 Å². The van der Waals surface area contributed by atoms with Gasteiger partial charge in [-0.1, -0.05) is 0 Å². The Morgan fingerprint density at radius 2 is 2.25 bits per heavy atom. The summed E-state index contributed by atoms with van der Waals surface area (Å²) < 4.78 is 13.3. The van der Waals surface area contributed by atoms with Gasteiger partial charge < -0.3 is 10.2 Å². The summed E-state index contributed by atoms with van der Waals surface area (Å²) in [6, 6.07) is 7.72. The monoisotopic (exact) mass is 273 g/mol. The number of nitriles is 1. The Morgan fingerprint density at radius 1 is 1.35 bits per heavy atom. The van der Waals surface area contributed by atoms with Crippen molar-refractivity contribution in [3.8, 4) is 6.07 Å². The summed E-state index contributed by atoms with van der Waals surface area (Å²) in [6.07, 6.45) is 4.95. The van der Waals surface area contributed by atoms with Gasteiger partial charge in [0.05, 0.1) is 11.6 Å². The third-order valence-electron chi connectivity index (χ3n) is 4.59. The molecule has 2 atom stereocenters. The van der Waals surface area contributed by atoms with Crippen LogP contribution in [0.2, 0.25) is 0 Å². The quantitative estimate of drug-likeness (QED) is 0.919. The molecule has 0 spiro atoms. The molecule has 2 saturated heterocycles. The van der Waals surface area contributed by atoms with Crippen molar-refractivity contribution in [2.45, 2.75) is 44.3 Å². The van der Waals surface area contributed by atoms with Gasteiger partial charge in [0.25, 0.3) is 0 Å². The second-order valence-corrected chi connectivity index (χ2v) is 5.85. The van der Waals surface area contributed by atoms with Gasteiger partial charge in [-0.2, -0.15) is 5.26 Å². The van der Waals surface area contributed by atoms with Crippen LogP contribution in [-0.4, -0.2) is 30.1 Å². The average Bonchev–Trinajstić information content (AvgIpc) is 2.92. The van der Waals surface area contributed by atoms with Gasteiger partial charge in [0, 0.05) is 18.6 Å². The topological polar surface area (TPSA) is 39.1 Å². The highest BCUT2D eigenvalue weighted by molar-refractivity contribution is 5.37. The Morgan fingerprint density at radius 3 is 3.10 bits per heavy atom. The maximum atomic E-state index is 13.3. The maximum absolute atomic E-state index is 13.3. The fraction of sp³-hybridized carbons (Fsp3) is 0.562. The van der Waals surface area contributed by atoms with Crippen molar-refractivity contribution in [1.29, 1.82) is 5.26 Å². The molecule has 20 heavy (non-hydrogen) atoms. The molecule has 0 amide bonds.